The van der Waals surface area contributed by atoms with Gasteiger partial charge in [-0.25, -0.2) is 4.79 Å². The molecule has 0 aliphatic carbocycles. The molecule has 27 heavy (non-hydrogen) atoms. The second-order valence-corrected chi connectivity index (χ2v) is 5.94. The van der Waals surface area contributed by atoms with Crippen LogP contribution in [0.5, 0.6) is 17.2 Å². The molecule has 2 aromatic rings. The van der Waals surface area contributed by atoms with Gasteiger partial charge in [0.05, 0.1) is 25.7 Å². The zero-order chi connectivity index (χ0) is 19.5. The number of benzene rings is 1. The highest BCUT2D eigenvalue weighted by atomic mass is 16.5. The summed E-state index contributed by atoms with van der Waals surface area (Å²) in [7, 11) is 1.43. The minimum Gasteiger partial charge on any atom is -0.493 e. The molecule has 5 nitrogen and oxygen atoms in total. The van der Waals surface area contributed by atoms with Crippen molar-refractivity contribution in [2.45, 2.75) is 39.5 Å². The molecule has 0 saturated heterocycles. The molecular weight excluding hydrogens is 344 g/mol. The Morgan fingerprint density at radius 1 is 0.926 bits per heavy atom. The van der Waals surface area contributed by atoms with Gasteiger partial charge in [0.15, 0.2) is 5.75 Å². The fourth-order valence-electron chi connectivity index (χ4n) is 2.59. The van der Waals surface area contributed by atoms with Crippen molar-refractivity contribution in [1.82, 2.24) is 0 Å². The fraction of sp³-hybridized carbons (Fsp3) is 0.409. The van der Waals surface area contributed by atoms with E-state index in [0.29, 0.717) is 35.7 Å². The molecule has 0 spiro atoms. The third-order valence-electron chi connectivity index (χ3n) is 3.89. The smallest absolute Gasteiger partial charge is 0.383 e. The van der Waals surface area contributed by atoms with Gasteiger partial charge in [-0.05, 0) is 37.8 Å². The summed E-state index contributed by atoms with van der Waals surface area (Å²) in [6, 6.07) is 5.38. The molecule has 2 rings (SSSR count). The van der Waals surface area contributed by atoms with Crippen LogP contribution in [0.3, 0.4) is 0 Å². The van der Waals surface area contributed by atoms with Crippen molar-refractivity contribution in [1.29, 1.82) is 0 Å². The Labute approximate surface area is 160 Å². The Bertz CT molecular complexity index is 832. The van der Waals surface area contributed by atoms with Gasteiger partial charge < -0.3 is 18.6 Å². The molecule has 0 unspecified atom stereocenters. The first-order valence-electron chi connectivity index (χ1n) is 9.41. The molecular formula is C22H28O5. The normalized spacial score (nSPS) is 11.5. The maximum Gasteiger partial charge on any atom is 0.383 e. The van der Waals surface area contributed by atoms with Crippen molar-refractivity contribution in [2.24, 2.45) is 0 Å². The number of hydrogen-bond donors (Lipinski definition) is 0. The Balaban J connectivity index is 2.21. The Morgan fingerprint density at radius 3 is 2.22 bits per heavy atom. The van der Waals surface area contributed by atoms with Gasteiger partial charge in [0.25, 0.3) is 0 Å². The minimum absolute atomic E-state index is 0.0837. The predicted molar refractivity (Wildman–Crippen MR) is 108 cm³/mol. The van der Waals surface area contributed by atoms with E-state index in [1.54, 1.807) is 6.07 Å². The van der Waals surface area contributed by atoms with Gasteiger partial charge in [0.1, 0.15) is 11.3 Å². The van der Waals surface area contributed by atoms with E-state index in [9.17, 15) is 4.79 Å². The molecule has 0 saturated carbocycles. The number of rotatable bonds is 11. The number of ether oxygens (including phenoxy) is 3. The summed E-state index contributed by atoms with van der Waals surface area (Å²) in [5.41, 5.74) is -0.145. The van der Waals surface area contributed by atoms with Gasteiger partial charge in [-0.1, -0.05) is 38.2 Å². The summed E-state index contributed by atoms with van der Waals surface area (Å²) in [4.78, 5) is 12.2. The molecule has 0 amide bonds. The first-order valence-corrected chi connectivity index (χ1v) is 9.41. The van der Waals surface area contributed by atoms with Crippen LogP contribution in [-0.2, 0) is 0 Å². The average Bonchev–Trinajstić information content (AvgIpc) is 2.67. The monoisotopic (exact) mass is 372 g/mol. The average molecular weight is 372 g/mol. The van der Waals surface area contributed by atoms with Gasteiger partial charge in [-0.15, -0.1) is 0 Å². The topological polar surface area (TPSA) is 57.9 Å². The molecule has 5 heteroatoms. The van der Waals surface area contributed by atoms with Gasteiger partial charge in [0, 0.05) is 6.07 Å². The number of fused-ring (bicyclic) bond motifs is 1. The first kappa shape index (κ1) is 20.6. The summed E-state index contributed by atoms with van der Waals surface area (Å²) >= 11 is 0. The van der Waals surface area contributed by atoms with Crippen molar-refractivity contribution < 1.29 is 18.6 Å². The van der Waals surface area contributed by atoms with Crippen molar-refractivity contribution in [2.75, 3.05) is 20.3 Å². The van der Waals surface area contributed by atoms with E-state index in [-0.39, 0.29) is 5.75 Å². The van der Waals surface area contributed by atoms with Crippen LogP contribution in [0.15, 0.2) is 51.7 Å². The van der Waals surface area contributed by atoms with Crippen LogP contribution in [0, 0.1) is 0 Å². The third-order valence-corrected chi connectivity index (χ3v) is 3.89. The summed E-state index contributed by atoms with van der Waals surface area (Å²) in [5.74, 6) is 1.14. The van der Waals surface area contributed by atoms with Crippen LogP contribution in [0.4, 0.5) is 0 Å². The second kappa shape index (κ2) is 11.1. The first-order chi connectivity index (χ1) is 13.2. The summed E-state index contributed by atoms with van der Waals surface area (Å²) in [6.45, 7) is 5.19. The predicted octanol–water partition coefficient (Wildman–Crippen LogP) is 5.27. The number of allylic oxidation sites excluding steroid dienone is 2. The molecule has 0 bridgehead atoms. The highest BCUT2D eigenvalue weighted by Crippen LogP contribution is 2.34. The van der Waals surface area contributed by atoms with Gasteiger partial charge >= 0.3 is 5.63 Å². The SMILES string of the molecule is CCC=CCCOc1ccc2c(OCCC=CCC)c(OC)c(=O)oc2c1. The molecule has 0 N–H and O–H groups in total. The standard InChI is InChI=1S/C22H28O5/c1-4-6-8-10-14-25-17-12-13-18-19(16-17)27-22(23)21(24-3)20(18)26-15-11-9-7-5-2/h6-9,12-13,16H,4-5,10-11,14-15H2,1-3H3. The lowest BCUT2D eigenvalue weighted by atomic mass is 10.2. The molecule has 0 atom stereocenters. The number of hydrogen-bond acceptors (Lipinski definition) is 5. The lowest BCUT2D eigenvalue weighted by Crippen LogP contribution is -2.08. The molecule has 0 aliphatic rings. The van der Waals surface area contributed by atoms with Crippen LogP contribution in [0.2, 0.25) is 0 Å². The zero-order valence-electron chi connectivity index (χ0n) is 16.3. The summed E-state index contributed by atoms with van der Waals surface area (Å²) in [6.07, 6.45) is 11.9. The van der Waals surface area contributed by atoms with Crippen LogP contribution >= 0.6 is 0 Å². The molecule has 0 fully saturated rings. The van der Waals surface area contributed by atoms with E-state index >= 15 is 0 Å². The Kier molecular flexibility index (Phi) is 8.49. The maximum atomic E-state index is 12.2. The second-order valence-electron chi connectivity index (χ2n) is 5.94. The summed E-state index contributed by atoms with van der Waals surface area (Å²) in [5, 5.41) is 0.684. The van der Waals surface area contributed by atoms with Gasteiger partial charge in [-0.2, -0.15) is 0 Å². The quantitative estimate of drug-likeness (QED) is 0.305. The lowest BCUT2D eigenvalue weighted by Gasteiger charge is -2.12. The van der Waals surface area contributed by atoms with E-state index < -0.39 is 5.63 Å². The van der Waals surface area contributed by atoms with Crippen LogP contribution in [0.1, 0.15) is 39.5 Å². The lowest BCUT2D eigenvalue weighted by molar-refractivity contribution is 0.293. The van der Waals surface area contributed by atoms with E-state index in [4.69, 9.17) is 18.6 Å². The fourth-order valence-corrected chi connectivity index (χ4v) is 2.59. The highest BCUT2D eigenvalue weighted by molar-refractivity contribution is 5.86. The Morgan fingerprint density at radius 2 is 1.59 bits per heavy atom. The van der Waals surface area contributed by atoms with Gasteiger partial charge in [0.2, 0.25) is 5.75 Å². The minimum atomic E-state index is -0.563. The molecule has 1 aromatic heterocycles. The van der Waals surface area contributed by atoms with E-state index in [0.717, 1.165) is 25.7 Å². The maximum absolute atomic E-state index is 12.2. The molecule has 0 radical (unpaired) electrons. The van der Waals surface area contributed by atoms with Crippen molar-refractivity contribution in [3.63, 3.8) is 0 Å². The highest BCUT2D eigenvalue weighted by Gasteiger charge is 2.17. The summed E-state index contributed by atoms with van der Waals surface area (Å²) < 4.78 is 22.2. The van der Waals surface area contributed by atoms with Crippen LogP contribution in [0.25, 0.3) is 11.0 Å². The van der Waals surface area contributed by atoms with Gasteiger partial charge in [-0.3, -0.25) is 0 Å². The van der Waals surface area contributed by atoms with Crippen molar-refractivity contribution in [3.8, 4) is 17.2 Å². The molecule has 1 aromatic carbocycles. The molecule has 0 aliphatic heterocycles. The zero-order valence-corrected chi connectivity index (χ0v) is 16.3. The third kappa shape index (κ3) is 5.91. The number of methoxy groups -OCH3 is 1. The van der Waals surface area contributed by atoms with E-state index in [1.807, 2.05) is 12.1 Å². The van der Waals surface area contributed by atoms with Crippen molar-refractivity contribution >= 4 is 11.0 Å². The van der Waals surface area contributed by atoms with Crippen LogP contribution in [-0.4, -0.2) is 20.3 Å². The largest absolute Gasteiger partial charge is 0.493 e. The van der Waals surface area contributed by atoms with E-state index in [2.05, 4.69) is 38.2 Å². The molecule has 1 heterocycles. The van der Waals surface area contributed by atoms with E-state index in [1.165, 1.54) is 7.11 Å². The Hall–Kier alpha value is -2.69. The van der Waals surface area contributed by atoms with Crippen molar-refractivity contribution in [3.05, 3.63) is 52.9 Å². The van der Waals surface area contributed by atoms with Crippen LogP contribution < -0.4 is 19.8 Å². The molecule has 146 valence electrons.